The van der Waals surface area contributed by atoms with E-state index in [1.165, 1.54) is 11.3 Å². The Balaban J connectivity index is 2.40. The lowest BCUT2D eigenvalue weighted by Crippen LogP contribution is -1.91. The van der Waals surface area contributed by atoms with Gasteiger partial charge < -0.3 is 0 Å². The van der Waals surface area contributed by atoms with Gasteiger partial charge in [-0.15, -0.1) is 22.9 Å². The third-order valence-corrected chi connectivity index (χ3v) is 5.19. The molecule has 0 amide bonds. The Bertz CT molecular complexity index is 510. The standard InChI is InChI=1S/C11H6Br2Cl2S/c12-6-1-2-8(13)7(5-6)11(15)9-3-4-10(14)16-9/h1-5,11H. The van der Waals surface area contributed by atoms with E-state index in [0.717, 1.165) is 23.7 Å². The van der Waals surface area contributed by atoms with Crippen molar-refractivity contribution in [2.75, 3.05) is 0 Å². The monoisotopic (exact) mass is 398 g/mol. The highest BCUT2D eigenvalue weighted by Gasteiger charge is 2.16. The molecule has 0 saturated heterocycles. The highest BCUT2D eigenvalue weighted by atomic mass is 79.9. The van der Waals surface area contributed by atoms with E-state index in [-0.39, 0.29) is 5.38 Å². The van der Waals surface area contributed by atoms with Crippen molar-refractivity contribution >= 4 is 66.4 Å². The van der Waals surface area contributed by atoms with E-state index < -0.39 is 0 Å². The maximum absolute atomic E-state index is 6.42. The van der Waals surface area contributed by atoms with Gasteiger partial charge in [-0.2, -0.15) is 0 Å². The van der Waals surface area contributed by atoms with Crippen LogP contribution in [0.25, 0.3) is 0 Å². The quantitative estimate of drug-likeness (QED) is 0.522. The third-order valence-electron chi connectivity index (χ3n) is 2.07. The predicted octanol–water partition coefficient (Wildman–Crippen LogP) is 6.25. The molecule has 2 rings (SSSR count). The van der Waals surface area contributed by atoms with Crippen molar-refractivity contribution in [2.24, 2.45) is 0 Å². The molecule has 0 aliphatic rings. The van der Waals surface area contributed by atoms with Crippen molar-refractivity contribution in [3.05, 3.63) is 54.1 Å². The Kier molecular flexibility index (Phi) is 4.36. The van der Waals surface area contributed by atoms with E-state index in [2.05, 4.69) is 31.9 Å². The van der Waals surface area contributed by atoms with Crippen molar-refractivity contribution in [1.29, 1.82) is 0 Å². The summed E-state index contributed by atoms with van der Waals surface area (Å²) in [6, 6.07) is 9.78. The molecule has 16 heavy (non-hydrogen) atoms. The van der Waals surface area contributed by atoms with Gasteiger partial charge in [0.15, 0.2) is 0 Å². The van der Waals surface area contributed by atoms with E-state index >= 15 is 0 Å². The van der Waals surface area contributed by atoms with Crippen LogP contribution in [0.3, 0.4) is 0 Å². The fraction of sp³-hybridized carbons (Fsp3) is 0.0909. The van der Waals surface area contributed by atoms with Crippen LogP contribution in [0, 0.1) is 0 Å². The van der Waals surface area contributed by atoms with Crippen molar-refractivity contribution in [3.8, 4) is 0 Å². The molecule has 1 atom stereocenters. The minimum atomic E-state index is -0.177. The van der Waals surface area contributed by atoms with Gasteiger partial charge in [-0.3, -0.25) is 0 Å². The normalized spacial score (nSPS) is 12.8. The van der Waals surface area contributed by atoms with Crippen molar-refractivity contribution in [1.82, 2.24) is 0 Å². The predicted molar refractivity (Wildman–Crippen MR) is 78.9 cm³/mol. The lowest BCUT2D eigenvalue weighted by atomic mass is 10.1. The summed E-state index contributed by atoms with van der Waals surface area (Å²) >= 11 is 20.8. The Morgan fingerprint density at radius 3 is 2.50 bits per heavy atom. The van der Waals surface area contributed by atoms with Gasteiger partial charge in [0.25, 0.3) is 0 Å². The maximum atomic E-state index is 6.42. The molecule has 0 nitrogen and oxygen atoms in total. The largest absolute Gasteiger partial charge is 0.127 e. The third kappa shape index (κ3) is 2.82. The van der Waals surface area contributed by atoms with E-state index in [1.807, 2.05) is 30.3 Å². The average Bonchev–Trinajstić information content (AvgIpc) is 2.67. The van der Waals surface area contributed by atoms with Crippen molar-refractivity contribution in [2.45, 2.75) is 5.38 Å². The molecule has 1 aromatic carbocycles. The first-order valence-electron chi connectivity index (χ1n) is 4.42. The number of halogens is 4. The Morgan fingerprint density at radius 2 is 1.88 bits per heavy atom. The summed E-state index contributed by atoms with van der Waals surface area (Å²) in [6.07, 6.45) is 0. The number of rotatable bonds is 2. The second-order valence-corrected chi connectivity index (χ2v) is 7.12. The first kappa shape index (κ1) is 12.9. The zero-order chi connectivity index (χ0) is 11.7. The Hall–Kier alpha value is 0.460. The van der Waals surface area contributed by atoms with Crippen molar-refractivity contribution < 1.29 is 0 Å². The van der Waals surface area contributed by atoms with E-state index in [1.54, 1.807) is 0 Å². The van der Waals surface area contributed by atoms with E-state index in [4.69, 9.17) is 23.2 Å². The summed E-state index contributed by atoms with van der Waals surface area (Å²) < 4.78 is 2.77. The second kappa shape index (κ2) is 5.40. The van der Waals surface area contributed by atoms with Gasteiger partial charge in [-0.25, -0.2) is 0 Å². The van der Waals surface area contributed by atoms with Crippen LogP contribution in [-0.4, -0.2) is 0 Å². The topological polar surface area (TPSA) is 0 Å². The molecule has 0 N–H and O–H groups in total. The molecule has 84 valence electrons. The minimum absolute atomic E-state index is 0.177. The molecule has 0 spiro atoms. The van der Waals surface area contributed by atoms with Gasteiger partial charge in [0.2, 0.25) is 0 Å². The first-order chi connectivity index (χ1) is 7.58. The molecule has 2 aromatic rings. The highest BCUT2D eigenvalue weighted by Crippen LogP contribution is 2.39. The van der Waals surface area contributed by atoms with Gasteiger partial charge in [-0.05, 0) is 35.9 Å². The molecule has 0 aliphatic heterocycles. The molecule has 0 fully saturated rings. The number of benzene rings is 1. The molecule has 0 bridgehead atoms. The Morgan fingerprint density at radius 1 is 1.12 bits per heavy atom. The number of hydrogen-bond acceptors (Lipinski definition) is 1. The van der Waals surface area contributed by atoms with Crippen LogP contribution in [0.2, 0.25) is 4.34 Å². The van der Waals surface area contributed by atoms with Gasteiger partial charge in [0.1, 0.15) is 0 Å². The summed E-state index contributed by atoms with van der Waals surface area (Å²) in [4.78, 5) is 1.05. The lowest BCUT2D eigenvalue weighted by Gasteiger charge is -2.10. The molecule has 1 aromatic heterocycles. The van der Waals surface area contributed by atoms with Gasteiger partial charge in [-0.1, -0.05) is 43.5 Å². The Labute approximate surface area is 125 Å². The molecule has 0 saturated carbocycles. The van der Waals surface area contributed by atoms with Gasteiger partial charge in [0.05, 0.1) is 9.71 Å². The molecule has 1 heterocycles. The van der Waals surface area contributed by atoms with Crippen LogP contribution in [0.5, 0.6) is 0 Å². The summed E-state index contributed by atoms with van der Waals surface area (Å²) in [7, 11) is 0. The molecule has 1 unspecified atom stereocenters. The summed E-state index contributed by atoms with van der Waals surface area (Å²) in [5.41, 5.74) is 1.04. The smallest absolute Gasteiger partial charge is 0.0939 e. The van der Waals surface area contributed by atoms with Crippen LogP contribution in [0.1, 0.15) is 15.8 Å². The van der Waals surface area contributed by atoms with E-state index in [9.17, 15) is 0 Å². The van der Waals surface area contributed by atoms with E-state index in [0.29, 0.717) is 0 Å². The fourth-order valence-electron chi connectivity index (χ4n) is 1.33. The minimum Gasteiger partial charge on any atom is -0.127 e. The van der Waals surface area contributed by atoms with Gasteiger partial charge >= 0.3 is 0 Å². The van der Waals surface area contributed by atoms with Crippen LogP contribution >= 0.6 is 66.4 Å². The van der Waals surface area contributed by atoms with Crippen LogP contribution < -0.4 is 0 Å². The van der Waals surface area contributed by atoms with Crippen molar-refractivity contribution in [3.63, 3.8) is 0 Å². The lowest BCUT2D eigenvalue weighted by molar-refractivity contribution is 1.16. The molecular weight excluding hydrogens is 395 g/mol. The number of alkyl halides is 1. The number of hydrogen-bond donors (Lipinski definition) is 0. The second-order valence-electron chi connectivity index (χ2n) is 3.17. The average molecular weight is 401 g/mol. The zero-order valence-electron chi connectivity index (χ0n) is 7.88. The SMILES string of the molecule is Clc1ccc(C(Cl)c2cc(Br)ccc2Br)s1. The first-order valence-corrected chi connectivity index (χ1v) is 7.64. The highest BCUT2D eigenvalue weighted by molar-refractivity contribution is 9.11. The fourth-order valence-corrected chi connectivity index (χ4v) is 3.76. The zero-order valence-corrected chi connectivity index (χ0v) is 13.4. The van der Waals surface area contributed by atoms with Crippen LogP contribution in [0.15, 0.2) is 39.3 Å². The van der Waals surface area contributed by atoms with Crippen LogP contribution in [-0.2, 0) is 0 Å². The maximum Gasteiger partial charge on any atom is 0.0939 e. The van der Waals surface area contributed by atoms with Crippen LogP contribution in [0.4, 0.5) is 0 Å². The summed E-state index contributed by atoms with van der Waals surface area (Å²) in [5.74, 6) is 0. The van der Waals surface area contributed by atoms with Gasteiger partial charge in [0, 0.05) is 13.8 Å². The molecule has 0 radical (unpaired) electrons. The summed E-state index contributed by atoms with van der Waals surface area (Å²) in [5, 5.41) is -0.177. The number of thiophene rings is 1. The molecule has 0 aliphatic carbocycles. The molecular formula is C11H6Br2Cl2S. The molecule has 5 heteroatoms. The summed E-state index contributed by atoms with van der Waals surface area (Å²) in [6.45, 7) is 0.